The van der Waals surface area contributed by atoms with Crippen molar-refractivity contribution >= 4 is 36.1 Å². The summed E-state index contributed by atoms with van der Waals surface area (Å²) < 4.78 is 7.18. The van der Waals surface area contributed by atoms with Gasteiger partial charge >= 0.3 is 0 Å². The number of fused-ring (bicyclic) bond motifs is 1. The van der Waals surface area contributed by atoms with Gasteiger partial charge in [-0.15, -0.1) is 0 Å². The molecule has 0 saturated heterocycles. The molecule has 1 N–H and O–H groups in total. The Morgan fingerprint density at radius 1 is 1.29 bits per heavy atom. The van der Waals surface area contributed by atoms with E-state index in [9.17, 15) is 0 Å². The third-order valence-corrected chi connectivity index (χ3v) is 4.68. The minimum atomic E-state index is -0.694. The molecule has 108 valence electrons. The molecule has 1 aromatic carbocycles. The summed E-state index contributed by atoms with van der Waals surface area (Å²) in [5, 5.41) is 8.53. The summed E-state index contributed by atoms with van der Waals surface area (Å²) >= 11 is 0. The Labute approximate surface area is 124 Å². The number of nitrogens with one attached hydrogen (secondary N) is 1. The Kier molecular flexibility index (Phi) is 3.82. The molecule has 0 aliphatic rings. The lowest BCUT2D eigenvalue weighted by Crippen LogP contribution is -2.10. The van der Waals surface area contributed by atoms with Gasteiger partial charge in [0.2, 0.25) is 5.95 Å². The monoisotopic (exact) mass is 301 g/mol. The summed E-state index contributed by atoms with van der Waals surface area (Å²) in [5.74, 6) is 0.571. The van der Waals surface area contributed by atoms with Crippen LogP contribution in [0, 0.1) is 0 Å². The third kappa shape index (κ3) is 2.86. The Bertz CT molecular complexity index is 773. The second-order valence-corrected chi connectivity index (χ2v) is 6.40. The molecule has 2 aromatic heterocycles. The Morgan fingerprint density at radius 3 is 2.95 bits per heavy atom. The molecule has 7 heteroatoms. The topological polar surface area (TPSA) is 64.9 Å². The van der Waals surface area contributed by atoms with E-state index in [4.69, 9.17) is 4.52 Å². The van der Waals surface area contributed by atoms with Crippen LogP contribution in [0.1, 0.15) is 0 Å². The lowest BCUT2D eigenvalue weighted by atomic mass is 10.2. The number of aryl methyl sites for hydroxylation is 1. The maximum absolute atomic E-state index is 5.34. The molecular formula is C14H16N5OP. The molecule has 3 rings (SSSR count). The molecule has 2 heterocycles. The molecule has 0 saturated carbocycles. The SMILES string of the molecule is COP(C)c1ccnc(Nc2ccc3c(cnn3C)c2)n1. The number of hydrogen-bond donors (Lipinski definition) is 1. The van der Waals surface area contributed by atoms with Crippen LogP contribution >= 0.6 is 8.15 Å². The molecule has 1 atom stereocenters. The molecule has 0 amide bonds. The molecule has 0 spiro atoms. The standard InChI is InChI=1S/C14H16N5OP/c1-19-12-5-4-11(8-10(12)9-16-19)17-14-15-7-6-13(18-14)21(3)20-2/h4-9H,1-3H3,(H,15,17,18). The highest BCUT2D eigenvalue weighted by Crippen LogP contribution is 2.28. The van der Waals surface area contributed by atoms with Gasteiger partial charge in [0, 0.05) is 31.4 Å². The molecule has 1 unspecified atom stereocenters. The fourth-order valence-electron chi connectivity index (χ4n) is 2.05. The summed E-state index contributed by atoms with van der Waals surface area (Å²) in [6.45, 7) is 2.02. The van der Waals surface area contributed by atoms with E-state index < -0.39 is 8.15 Å². The number of rotatable bonds is 4. The van der Waals surface area contributed by atoms with E-state index in [2.05, 4.69) is 20.4 Å². The van der Waals surface area contributed by atoms with E-state index in [0.717, 1.165) is 22.0 Å². The normalized spacial score (nSPS) is 12.5. The third-order valence-electron chi connectivity index (χ3n) is 3.24. The fraction of sp³-hybridized carbons (Fsp3) is 0.214. The van der Waals surface area contributed by atoms with Gasteiger partial charge in [0.1, 0.15) is 0 Å². The van der Waals surface area contributed by atoms with Crippen molar-refractivity contribution in [1.82, 2.24) is 19.7 Å². The predicted molar refractivity (Wildman–Crippen MR) is 85.5 cm³/mol. The minimum Gasteiger partial charge on any atom is -0.356 e. The first-order valence-electron chi connectivity index (χ1n) is 6.47. The van der Waals surface area contributed by atoms with Crippen molar-refractivity contribution in [3.8, 4) is 0 Å². The fourth-order valence-corrected chi connectivity index (χ4v) is 2.75. The molecule has 6 nitrogen and oxygen atoms in total. The maximum atomic E-state index is 5.34. The Hall–Kier alpha value is -2.04. The second-order valence-electron chi connectivity index (χ2n) is 4.59. The van der Waals surface area contributed by atoms with Crippen LogP contribution in [-0.2, 0) is 11.6 Å². The maximum Gasteiger partial charge on any atom is 0.227 e. The second kappa shape index (κ2) is 5.76. The highest BCUT2D eigenvalue weighted by atomic mass is 31.1. The van der Waals surface area contributed by atoms with Crippen LogP contribution in [0.4, 0.5) is 11.6 Å². The van der Waals surface area contributed by atoms with Gasteiger partial charge < -0.3 is 9.84 Å². The summed E-state index contributed by atoms with van der Waals surface area (Å²) in [6, 6.07) is 7.93. The Morgan fingerprint density at radius 2 is 2.14 bits per heavy atom. The zero-order valence-electron chi connectivity index (χ0n) is 12.1. The number of nitrogens with zero attached hydrogens (tertiary/aromatic N) is 4. The molecule has 3 aromatic rings. The van der Waals surface area contributed by atoms with Crippen molar-refractivity contribution < 1.29 is 4.52 Å². The van der Waals surface area contributed by atoms with Gasteiger partial charge in [0.05, 0.1) is 25.3 Å². The molecule has 0 radical (unpaired) electrons. The average molecular weight is 301 g/mol. The van der Waals surface area contributed by atoms with Crippen molar-refractivity contribution in [2.45, 2.75) is 0 Å². The molecule has 0 fully saturated rings. The smallest absolute Gasteiger partial charge is 0.227 e. The lowest BCUT2D eigenvalue weighted by Gasteiger charge is -2.10. The van der Waals surface area contributed by atoms with E-state index in [-0.39, 0.29) is 0 Å². The van der Waals surface area contributed by atoms with E-state index in [0.29, 0.717) is 5.95 Å². The zero-order chi connectivity index (χ0) is 14.8. The van der Waals surface area contributed by atoms with Crippen LogP contribution in [0.2, 0.25) is 0 Å². The summed E-state index contributed by atoms with van der Waals surface area (Å²) in [5.41, 5.74) is 2.93. The van der Waals surface area contributed by atoms with Crippen LogP contribution in [0.15, 0.2) is 36.7 Å². The first kappa shape index (κ1) is 13.9. The van der Waals surface area contributed by atoms with Crippen molar-refractivity contribution in [1.29, 1.82) is 0 Å². The van der Waals surface area contributed by atoms with E-state index in [1.807, 2.05) is 48.9 Å². The van der Waals surface area contributed by atoms with Gasteiger partial charge in [-0.3, -0.25) is 4.68 Å². The van der Waals surface area contributed by atoms with E-state index in [1.165, 1.54) is 0 Å². The van der Waals surface area contributed by atoms with Crippen molar-refractivity contribution in [2.24, 2.45) is 7.05 Å². The van der Waals surface area contributed by atoms with Gasteiger partial charge in [-0.05, 0) is 30.9 Å². The van der Waals surface area contributed by atoms with E-state index in [1.54, 1.807) is 13.3 Å². The van der Waals surface area contributed by atoms with Crippen LogP contribution in [0.5, 0.6) is 0 Å². The highest BCUT2D eigenvalue weighted by Gasteiger charge is 2.08. The van der Waals surface area contributed by atoms with Crippen LogP contribution in [-0.4, -0.2) is 33.5 Å². The molecule has 0 bridgehead atoms. The minimum absolute atomic E-state index is 0.571. The highest BCUT2D eigenvalue weighted by molar-refractivity contribution is 7.59. The predicted octanol–water partition coefficient (Wildman–Crippen LogP) is 2.41. The first-order valence-corrected chi connectivity index (χ1v) is 8.18. The molecule has 0 aliphatic heterocycles. The van der Waals surface area contributed by atoms with Gasteiger partial charge in [-0.25, -0.2) is 9.97 Å². The quantitative estimate of drug-likeness (QED) is 0.750. The van der Waals surface area contributed by atoms with Crippen molar-refractivity contribution in [3.05, 3.63) is 36.7 Å². The summed E-state index contributed by atoms with van der Waals surface area (Å²) in [4.78, 5) is 8.73. The molecule has 0 aliphatic carbocycles. The number of aromatic nitrogens is 4. The number of anilines is 2. The van der Waals surface area contributed by atoms with Gasteiger partial charge in [0.25, 0.3) is 0 Å². The summed E-state index contributed by atoms with van der Waals surface area (Å²) in [7, 11) is 2.92. The first-order chi connectivity index (χ1) is 10.2. The van der Waals surface area contributed by atoms with E-state index >= 15 is 0 Å². The van der Waals surface area contributed by atoms with Gasteiger partial charge in [-0.2, -0.15) is 5.10 Å². The Balaban J connectivity index is 1.87. The van der Waals surface area contributed by atoms with Crippen LogP contribution in [0.3, 0.4) is 0 Å². The summed E-state index contributed by atoms with van der Waals surface area (Å²) in [6.07, 6.45) is 3.58. The van der Waals surface area contributed by atoms with Crippen LogP contribution in [0.25, 0.3) is 10.9 Å². The van der Waals surface area contributed by atoms with Gasteiger partial charge in [-0.1, -0.05) is 0 Å². The average Bonchev–Trinajstić information content (AvgIpc) is 2.87. The number of hydrogen-bond acceptors (Lipinski definition) is 5. The zero-order valence-corrected chi connectivity index (χ0v) is 13.0. The lowest BCUT2D eigenvalue weighted by molar-refractivity contribution is 0.471. The molecular weight excluding hydrogens is 285 g/mol. The van der Waals surface area contributed by atoms with Crippen molar-refractivity contribution in [3.63, 3.8) is 0 Å². The van der Waals surface area contributed by atoms with Crippen molar-refractivity contribution in [2.75, 3.05) is 19.1 Å². The van der Waals surface area contributed by atoms with Crippen LogP contribution < -0.4 is 10.8 Å². The molecule has 21 heavy (non-hydrogen) atoms. The number of benzene rings is 1. The van der Waals surface area contributed by atoms with Gasteiger partial charge in [0.15, 0.2) is 0 Å². The largest absolute Gasteiger partial charge is 0.356 e.